The molecule has 0 aliphatic carbocycles. The van der Waals surface area contributed by atoms with Crippen LogP contribution < -0.4 is 5.56 Å². The highest BCUT2D eigenvalue weighted by atomic mass is 19.1. The van der Waals surface area contributed by atoms with Crippen LogP contribution in [0.15, 0.2) is 39.8 Å². The quantitative estimate of drug-likeness (QED) is 0.692. The fourth-order valence-corrected chi connectivity index (χ4v) is 1.62. The lowest BCUT2D eigenvalue weighted by Gasteiger charge is -2.00. The van der Waals surface area contributed by atoms with Gasteiger partial charge in [0.05, 0.1) is 5.39 Å². The molecule has 1 aromatic carbocycles. The van der Waals surface area contributed by atoms with Crippen LogP contribution in [-0.4, -0.2) is 15.4 Å². The molecular weight excluding hydrogens is 225 g/mol. The summed E-state index contributed by atoms with van der Waals surface area (Å²) in [6, 6.07) is 5.79. The van der Waals surface area contributed by atoms with Gasteiger partial charge in [0.15, 0.2) is 5.52 Å². The van der Waals surface area contributed by atoms with E-state index < -0.39 is 5.56 Å². The minimum Gasteiger partial charge on any atom is -0.363 e. The lowest BCUT2D eigenvalue weighted by molar-refractivity contribution is 0.428. The van der Waals surface area contributed by atoms with Gasteiger partial charge in [0.2, 0.25) is 0 Å². The normalized spacial score (nSPS) is 10.9. The van der Waals surface area contributed by atoms with Gasteiger partial charge in [-0.25, -0.2) is 9.49 Å². The van der Waals surface area contributed by atoms with E-state index in [-0.39, 0.29) is 11.3 Å². The summed E-state index contributed by atoms with van der Waals surface area (Å²) in [4.78, 5) is 11.4. The molecule has 1 N–H and O–H groups in total. The van der Waals surface area contributed by atoms with Crippen molar-refractivity contribution in [2.24, 2.45) is 0 Å². The third-order valence-corrected chi connectivity index (χ3v) is 2.43. The van der Waals surface area contributed by atoms with E-state index in [0.717, 1.165) is 0 Å². The Morgan fingerprint density at radius 1 is 1.24 bits per heavy atom. The Morgan fingerprint density at radius 2 is 2.00 bits per heavy atom. The summed E-state index contributed by atoms with van der Waals surface area (Å²) in [6.07, 6.45) is 1.34. The van der Waals surface area contributed by atoms with Crippen LogP contribution in [0.25, 0.3) is 22.2 Å². The Hall–Kier alpha value is -2.50. The summed E-state index contributed by atoms with van der Waals surface area (Å²) < 4.78 is 17.6. The third-order valence-electron chi connectivity index (χ3n) is 2.43. The van der Waals surface area contributed by atoms with Crippen LogP contribution in [0.3, 0.4) is 0 Å². The molecule has 0 radical (unpaired) electrons. The summed E-state index contributed by atoms with van der Waals surface area (Å²) in [5.41, 5.74) is 0.940. The van der Waals surface area contributed by atoms with Crippen LogP contribution in [-0.2, 0) is 0 Å². The molecule has 5 nitrogen and oxygen atoms in total. The van der Waals surface area contributed by atoms with Crippen LogP contribution in [0.4, 0.5) is 4.39 Å². The van der Waals surface area contributed by atoms with Gasteiger partial charge in [-0.1, -0.05) is 5.16 Å². The molecule has 0 saturated heterocycles. The number of benzene rings is 1. The van der Waals surface area contributed by atoms with Crippen molar-refractivity contribution in [2.45, 2.75) is 0 Å². The van der Waals surface area contributed by atoms with Gasteiger partial charge >= 0.3 is 0 Å². The molecular formula is C11H6FN3O2. The highest BCUT2D eigenvalue weighted by Gasteiger charge is 2.11. The maximum atomic E-state index is 12.8. The fourth-order valence-electron chi connectivity index (χ4n) is 1.62. The molecule has 6 heteroatoms. The molecule has 2 aromatic heterocycles. The molecule has 3 rings (SSSR count). The first kappa shape index (κ1) is 9.71. The first-order valence-corrected chi connectivity index (χ1v) is 4.84. The molecule has 0 spiro atoms. The van der Waals surface area contributed by atoms with E-state index in [0.29, 0.717) is 16.6 Å². The fraction of sp³-hybridized carbons (Fsp3) is 0. The van der Waals surface area contributed by atoms with Crippen molar-refractivity contribution in [3.63, 3.8) is 0 Å². The Bertz CT molecular complexity index is 730. The molecule has 2 heterocycles. The predicted molar refractivity (Wildman–Crippen MR) is 57.8 cm³/mol. The average molecular weight is 231 g/mol. The van der Waals surface area contributed by atoms with Gasteiger partial charge in [-0.15, -0.1) is 0 Å². The summed E-state index contributed by atoms with van der Waals surface area (Å²) in [5.74, 6) is -0.334. The van der Waals surface area contributed by atoms with Gasteiger partial charge in [-0.3, -0.25) is 4.79 Å². The van der Waals surface area contributed by atoms with Crippen molar-refractivity contribution in [1.82, 2.24) is 15.4 Å². The number of H-pyrrole nitrogens is 1. The topological polar surface area (TPSA) is 71.8 Å². The lowest BCUT2D eigenvalue weighted by Crippen LogP contribution is -2.09. The highest BCUT2D eigenvalue weighted by Crippen LogP contribution is 2.23. The molecule has 3 aromatic rings. The van der Waals surface area contributed by atoms with E-state index in [1.165, 1.54) is 18.4 Å². The Balaban J connectivity index is 2.31. The first-order chi connectivity index (χ1) is 8.25. The van der Waals surface area contributed by atoms with E-state index in [1.54, 1.807) is 12.1 Å². The molecule has 0 fully saturated rings. The number of fused-ring (bicyclic) bond motifs is 1. The largest absolute Gasteiger partial charge is 0.363 e. The number of halogens is 1. The summed E-state index contributed by atoms with van der Waals surface area (Å²) in [6.45, 7) is 0. The third kappa shape index (κ3) is 1.50. The maximum absolute atomic E-state index is 12.8. The van der Waals surface area contributed by atoms with Crippen molar-refractivity contribution in [3.8, 4) is 11.3 Å². The molecule has 17 heavy (non-hydrogen) atoms. The van der Waals surface area contributed by atoms with Crippen molar-refractivity contribution < 1.29 is 8.91 Å². The van der Waals surface area contributed by atoms with Gasteiger partial charge < -0.3 is 4.52 Å². The van der Waals surface area contributed by atoms with Crippen molar-refractivity contribution in [2.75, 3.05) is 0 Å². The number of hydrogen-bond donors (Lipinski definition) is 1. The van der Waals surface area contributed by atoms with Gasteiger partial charge in [-0.2, -0.15) is 5.10 Å². The van der Waals surface area contributed by atoms with Crippen molar-refractivity contribution in [1.29, 1.82) is 0 Å². The second kappa shape index (κ2) is 3.51. The number of aromatic amines is 1. The highest BCUT2D eigenvalue weighted by molar-refractivity contribution is 5.90. The van der Waals surface area contributed by atoms with E-state index in [9.17, 15) is 9.18 Å². The number of hydrogen-bond acceptors (Lipinski definition) is 4. The zero-order valence-corrected chi connectivity index (χ0v) is 8.48. The summed E-state index contributed by atoms with van der Waals surface area (Å²) in [7, 11) is 0. The van der Waals surface area contributed by atoms with Gasteiger partial charge in [0.1, 0.15) is 17.8 Å². The van der Waals surface area contributed by atoms with Crippen molar-refractivity contribution in [3.05, 3.63) is 46.7 Å². The van der Waals surface area contributed by atoms with Gasteiger partial charge in [0, 0.05) is 5.56 Å². The molecule has 0 aliphatic heterocycles. The van der Waals surface area contributed by atoms with Gasteiger partial charge in [0.25, 0.3) is 5.56 Å². The van der Waals surface area contributed by atoms with Crippen LogP contribution in [0.1, 0.15) is 0 Å². The number of nitrogens with one attached hydrogen (secondary N) is 1. The predicted octanol–water partition coefficient (Wildman–Crippen LogP) is 1.72. The average Bonchev–Trinajstić information content (AvgIpc) is 2.81. The smallest absolute Gasteiger partial charge is 0.294 e. The van der Waals surface area contributed by atoms with E-state index in [4.69, 9.17) is 4.52 Å². The zero-order chi connectivity index (χ0) is 11.8. The van der Waals surface area contributed by atoms with Crippen LogP contribution in [0.5, 0.6) is 0 Å². The van der Waals surface area contributed by atoms with E-state index in [2.05, 4.69) is 15.4 Å². The molecule has 0 bridgehead atoms. The zero-order valence-electron chi connectivity index (χ0n) is 8.48. The standard InChI is InChI=1S/C11H6FN3O2/c12-7-3-1-6(2-4-7)9-8-5-17-15-10(8)11(16)14-13-9/h1-5H,(H,14,16). The molecule has 0 atom stereocenters. The lowest BCUT2D eigenvalue weighted by atomic mass is 10.1. The SMILES string of the molecule is O=c1[nH]nc(-c2ccc(F)cc2)c2conc12. The van der Waals surface area contributed by atoms with Crippen LogP contribution in [0.2, 0.25) is 0 Å². The number of nitrogens with zero attached hydrogens (tertiary/aromatic N) is 2. The molecule has 0 unspecified atom stereocenters. The second-order valence-corrected chi connectivity index (χ2v) is 3.49. The molecule has 0 amide bonds. The summed E-state index contributed by atoms with van der Waals surface area (Å²) >= 11 is 0. The number of rotatable bonds is 1. The Labute approximate surface area is 93.9 Å². The Kier molecular flexibility index (Phi) is 2.01. The first-order valence-electron chi connectivity index (χ1n) is 4.84. The minimum atomic E-state index is -0.417. The number of aromatic nitrogens is 3. The Morgan fingerprint density at radius 3 is 2.76 bits per heavy atom. The molecule has 0 aliphatic rings. The minimum absolute atomic E-state index is 0.180. The maximum Gasteiger partial charge on any atom is 0.294 e. The second-order valence-electron chi connectivity index (χ2n) is 3.49. The van der Waals surface area contributed by atoms with E-state index >= 15 is 0 Å². The van der Waals surface area contributed by atoms with Crippen LogP contribution >= 0.6 is 0 Å². The molecule has 0 saturated carbocycles. The van der Waals surface area contributed by atoms with Crippen LogP contribution in [0, 0.1) is 5.82 Å². The summed E-state index contributed by atoms with van der Waals surface area (Å²) in [5, 5.41) is 10.3. The van der Waals surface area contributed by atoms with Gasteiger partial charge in [-0.05, 0) is 24.3 Å². The van der Waals surface area contributed by atoms with Crippen molar-refractivity contribution >= 4 is 10.9 Å². The monoisotopic (exact) mass is 231 g/mol. The van der Waals surface area contributed by atoms with E-state index in [1.807, 2.05) is 0 Å². The molecule has 84 valence electrons.